The molecule has 0 radical (unpaired) electrons. The summed E-state index contributed by atoms with van der Waals surface area (Å²) in [6, 6.07) is 9.11. The lowest BCUT2D eigenvalue weighted by atomic mass is 10.1. The van der Waals surface area contributed by atoms with E-state index in [9.17, 15) is 4.79 Å². The number of benzene rings is 2. The molecule has 20 heavy (non-hydrogen) atoms. The number of amides is 1. The molecule has 1 amide bonds. The first-order valence-electron chi connectivity index (χ1n) is 5.70. The number of aryl methyl sites for hydroxylation is 1. The Kier molecular flexibility index (Phi) is 4.88. The third kappa shape index (κ3) is 3.42. The van der Waals surface area contributed by atoms with Gasteiger partial charge in [-0.2, -0.15) is 0 Å². The SMILES string of the molecule is Cc1ccc(Br)c(C(=O)Nc2c(Br)cc(N)cc2Br)c1. The third-order valence-corrected chi connectivity index (χ3v) is 4.61. The fraction of sp³-hybridized carbons (Fsp3) is 0.0714. The number of carbonyl (C=O) groups is 1. The Morgan fingerprint density at radius 2 is 1.65 bits per heavy atom. The molecule has 0 saturated carbocycles. The summed E-state index contributed by atoms with van der Waals surface area (Å²) in [6.07, 6.45) is 0. The molecule has 2 rings (SSSR count). The van der Waals surface area contributed by atoms with Gasteiger partial charge in [-0.25, -0.2) is 0 Å². The van der Waals surface area contributed by atoms with Gasteiger partial charge in [0.15, 0.2) is 0 Å². The van der Waals surface area contributed by atoms with E-state index >= 15 is 0 Å². The van der Waals surface area contributed by atoms with Gasteiger partial charge in [-0.05, 0) is 79.0 Å². The van der Waals surface area contributed by atoms with Gasteiger partial charge in [0.05, 0.1) is 11.3 Å². The van der Waals surface area contributed by atoms with Crippen LogP contribution in [-0.4, -0.2) is 5.91 Å². The fourth-order valence-corrected chi connectivity index (χ4v) is 3.55. The Balaban J connectivity index is 2.35. The van der Waals surface area contributed by atoms with Crippen LogP contribution in [0.5, 0.6) is 0 Å². The molecule has 0 atom stereocenters. The lowest BCUT2D eigenvalue weighted by molar-refractivity contribution is 0.102. The largest absolute Gasteiger partial charge is 0.399 e. The van der Waals surface area contributed by atoms with Crippen LogP contribution in [0.2, 0.25) is 0 Å². The lowest BCUT2D eigenvalue weighted by Crippen LogP contribution is -2.13. The van der Waals surface area contributed by atoms with E-state index in [0.717, 1.165) is 19.0 Å². The zero-order valence-corrected chi connectivity index (χ0v) is 15.3. The fourth-order valence-electron chi connectivity index (χ4n) is 1.71. The second-order valence-corrected chi connectivity index (χ2v) is 6.86. The van der Waals surface area contributed by atoms with Crippen molar-refractivity contribution in [1.82, 2.24) is 0 Å². The Labute approximate surface area is 142 Å². The first-order chi connectivity index (χ1) is 9.38. The molecule has 0 spiro atoms. The first-order valence-corrected chi connectivity index (χ1v) is 8.08. The molecule has 104 valence electrons. The minimum Gasteiger partial charge on any atom is -0.399 e. The molecule has 0 fully saturated rings. The highest BCUT2D eigenvalue weighted by Gasteiger charge is 2.14. The van der Waals surface area contributed by atoms with E-state index in [1.54, 1.807) is 12.1 Å². The van der Waals surface area contributed by atoms with Crippen molar-refractivity contribution in [2.45, 2.75) is 6.92 Å². The molecule has 0 unspecified atom stereocenters. The zero-order chi connectivity index (χ0) is 14.9. The van der Waals surface area contributed by atoms with Crippen molar-refractivity contribution in [3.05, 3.63) is 54.9 Å². The summed E-state index contributed by atoms with van der Waals surface area (Å²) in [6.45, 7) is 1.94. The molecule has 0 aromatic heterocycles. The van der Waals surface area contributed by atoms with Gasteiger partial charge >= 0.3 is 0 Å². The Morgan fingerprint density at radius 3 is 2.25 bits per heavy atom. The molecule has 0 bridgehead atoms. The summed E-state index contributed by atoms with van der Waals surface area (Å²) in [5, 5.41) is 2.87. The number of hydrogen-bond donors (Lipinski definition) is 2. The Bertz CT molecular complexity index is 663. The van der Waals surface area contributed by atoms with Crippen molar-refractivity contribution in [3.8, 4) is 0 Å². The van der Waals surface area contributed by atoms with Gasteiger partial charge in [0, 0.05) is 19.1 Å². The number of nitrogen functional groups attached to an aromatic ring is 1. The van der Waals surface area contributed by atoms with Gasteiger partial charge in [-0.15, -0.1) is 0 Å². The summed E-state index contributed by atoms with van der Waals surface area (Å²) in [7, 11) is 0. The molecular formula is C14H11Br3N2O. The molecule has 0 saturated heterocycles. The number of nitrogens with two attached hydrogens (primary N) is 1. The smallest absolute Gasteiger partial charge is 0.256 e. The highest BCUT2D eigenvalue weighted by atomic mass is 79.9. The molecule has 0 heterocycles. The number of hydrogen-bond acceptors (Lipinski definition) is 2. The van der Waals surface area contributed by atoms with E-state index in [0.29, 0.717) is 16.9 Å². The van der Waals surface area contributed by atoms with Gasteiger partial charge in [-0.3, -0.25) is 4.79 Å². The standard InChI is InChI=1S/C14H11Br3N2O/c1-7-2-3-10(15)9(4-7)14(20)19-13-11(16)5-8(18)6-12(13)17/h2-6H,18H2,1H3,(H,19,20). The predicted molar refractivity (Wildman–Crippen MR) is 93.1 cm³/mol. The maximum absolute atomic E-state index is 12.4. The van der Waals surface area contributed by atoms with Gasteiger partial charge in [0.25, 0.3) is 5.91 Å². The summed E-state index contributed by atoms with van der Waals surface area (Å²) in [5.41, 5.74) is 8.60. The first kappa shape index (κ1) is 15.5. The molecule has 3 N–H and O–H groups in total. The molecule has 0 aliphatic heterocycles. The van der Waals surface area contributed by atoms with Gasteiger partial charge in [-0.1, -0.05) is 11.6 Å². The normalized spacial score (nSPS) is 10.4. The van der Waals surface area contributed by atoms with E-state index in [1.807, 2.05) is 25.1 Å². The van der Waals surface area contributed by atoms with Crippen LogP contribution in [0.4, 0.5) is 11.4 Å². The van der Waals surface area contributed by atoms with E-state index < -0.39 is 0 Å². The van der Waals surface area contributed by atoms with E-state index in [2.05, 4.69) is 53.1 Å². The quantitative estimate of drug-likeness (QED) is 0.609. The minimum atomic E-state index is -0.188. The van der Waals surface area contributed by atoms with E-state index in [4.69, 9.17) is 5.73 Å². The maximum atomic E-state index is 12.4. The van der Waals surface area contributed by atoms with Gasteiger partial charge < -0.3 is 11.1 Å². The van der Waals surface area contributed by atoms with Crippen LogP contribution in [0.25, 0.3) is 0 Å². The average molecular weight is 463 g/mol. The Morgan fingerprint density at radius 1 is 1.05 bits per heavy atom. The third-order valence-electron chi connectivity index (χ3n) is 2.67. The maximum Gasteiger partial charge on any atom is 0.256 e. The molecular weight excluding hydrogens is 452 g/mol. The van der Waals surface area contributed by atoms with Crippen molar-refractivity contribution in [3.63, 3.8) is 0 Å². The van der Waals surface area contributed by atoms with Gasteiger partial charge in [0.1, 0.15) is 0 Å². The highest BCUT2D eigenvalue weighted by Crippen LogP contribution is 2.34. The van der Waals surface area contributed by atoms with E-state index in [1.165, 1.54) is 0 Å². The summed E-state index contributed by atoms with van der Waals surface area (Å²) < 4.78 is 2.20. The van der Waals surface area contributed by atoms with Crippen molar-refractivity contribution >= 4 is 65.1 Å². The van der Waals surface area contributed by atoms with Crippen molar-refractivity contribution in [1.29, 1.82) is 0 Å². The van der Waals surface area contributed by atoms with Crippen LogP contribution >= 0.6 is 47.8 Å². The highest BCUT2D eigenvalue weighted by molar-refractivity contribution is 9.11. The number of carbonyl (C=O) groups excluding carboxylic acids is 1. The lowest BCUT2D eigenvalue weighted by Gasteiger charge is -2.12. The second-order valence-electron chi connectivity index (χ2n) is 4.30. The topological polar surface area (TPSA) is 55.1 Å². The van der Waals surface area contributed by atoms with Crippen LogP contribution < -0.4 is 11.1 Å². The van der Waals surface area contributed by atoms with Crippen LogP contribution in [0, 0.1) is 6.92 Å². The minimum absolute atomic E-state index is 0.188. The zero-order valence-electron chi connectivity index (χ0n) is 10.5. The van der Waals surface area contributed by atoms with E-state index in [-0.39, 0.29) is 5.91 Å². The number of anilines is 2. The molecule has 6 heteroatoms. The molecule has 0 aliphatic rings. The molecule has 2 aromatic carbocycles. The number of nitrogens with one attached hydrogen (secondary N) is 1. The number of rotatable bonds is 2. The molecule has 0 aliphatic carbocycles. The predicted octanol–water partition coefficient (Wildman–Crippen LogP) is 5.12. The van der Waals surface area contributed by atoms with Crippen molar-refractivity contribution in [2.24, 2.45) is 0 Å². The summed E-state index contributed by atoms with van der Waals surface area (Å²) in [5.74, 6) is -0.188. The summed E-state index contributed by atoms with van der Waals surface area (Å²) in [4.78, 5) is 12.4. The van der Waals surface area contributed by atoms with Gasteiger partial charge in [0.2, 0.25) is 0 Å². The monoisotopic (exact) mass is 460 g/mol. The van der Waals surface area contributed by atoms with Crippen LogP contribution in [0.1, 0.15) is 15.9 Å². The Hall–Kier alpha value is -0.850. The summed E-state index contributed by atoms with van der Waals surface area (Å²) >= 11 is 10.2. The van der Waals surface area contributed by atoms with Crippen LogP contribution in [-0.2, 0) is 0 Å². The number of halogens is 3. The molecule has 2 aromatic rings. The second kappa shape index (κ2) is 6.28. The van der Waals surface area contributed by atoms with Crippen molar-refractivity contribution < 1.29 is 4.79 Å². The van der Waals surface area contributed by atoms with Crippen LogP contribution in [0.3, 0.4) is 0 Å². The van der Waals surface area contributed by atoms with Crippen molar-refractivity contribution in [2.75, 3.05) is 11.1 Å². The molecule has 3 nitrogen and oxygen atoms in total. The van der Waals surface area contributed by atoms with Crippen LogP contribution in [0.15, 0.2) is 43.7 Å². The average Bonchev–Trinajstić information content (AvgIpc) is 2.36.